The fourth-order valence-electron chi connectivity index (χ4n) is 1.84. The van der Waals surface area contributed by atoms with Crippen LogP contribution >= 0.6 is 11.8 Å². The van der Waals surface area contributed by atoms with Crippen molar-refractivity contribution < 1.29 is 0 Å². The minimum absolute atomic E-state index is 0.387. The van der Waals surface area contributed by atoms with Crippen molar-refractivity contribution in [3.63, 3.8) is 0 Å². The van der Waals surface area contributed by atoms with E-state index in [4.69, 9.17) is 0 Å². The summed E-state index contributed by atoms with van der Waals surface area (Å²) in [6.07, 6.45) is 6.53. The van der Waals surface area contributed by atoms with Gasteiger partial charge in [-0.3, -0.25) is 5.10 Å². The number of aromatic nitrogens is 2. The molecule has 1 aromatic heterocycles. The Morgan fingerprint density at radius 1 is 1.44 bits per heavy atom. The van der Waals surface area contributed by atoms with E-state index in [-0.39, 0.29) is 0 Å². The van der Waals surface area contributed by atoms with Crippen molar-refractivity contribution in [2.24, 2.45) is 0 Å². The monoisotopic (exact) mass is 241 g/mol. The van der Waals surface area contributed by atoms with Crippen molar-refractivity contribution in [3.8, 4) is 0 Å². The number of nitrogens with zero attached hydrogens (tertiary/aromatic N) is 1. The SMILES string of the molecule is CCC(CC)(CNCc1cn[nH]c1C)SC. The molecule has 0 aromatic carbocycles. The van der Waals surface area contributed by atoms with Gasteiger partial charge in [0.15, 0.2) is 0 Å². The molecule has 0 aliphatic heterocycles. The summed E-state index contributed by atoms with van der Waals surface area (Å²) in [5.41, 5.74) is 2.43. The fraction of sp³-hybridized carbons (Fsp3) is 0.750. The number of aromatic amines is 1. The van der Waals surface area contributed by atoms with Crippen molar-refractivity contribution in [3.05, 3.63) is 17.5 Å². The van der Waals surface area contributed by atoms with Gasteiger partial charge in [0.2, 0.25) is 0 Å². The average molecular weight is 241 g/mol. The molecule has 0 aliphatic carbocycles. The Labute approximate surface area is 103 Å². The summed E-state index contributed by atoms with van der Waals surface area (Å²) in [7, 11) is 0. The number of thioether (sulfide) groups is 1. The van der Waals surface area contributed by atoms with Crippen molar-refractivity contribution >= 4 is 11.8 Å². The fourth-order valence-corrected chi connectivity index (χ4v) is 2.66. The van der Waals surface area contributed by atoms with Gasteiger partial charge in [0.25, 0.3) is 0 Å². The largest absolute Gasteiger partial charge is 0.311 e. The zero-order valence-electron chi connectivity index (χ0n) is 10.8. The number of rotatable bonds is 7. The number of aryl methyl sites for hydroxylation is 1. The van der Waals surface area contributed by atoms with E-state index >= 15 is 0 Å². The van der Waals surface area contributed by atoms with E-state index < -0.39 is 0 Å². The second-order valence-corrected chi connectivity index (χ2v) is 5.49. The van der Waals surface area contributed by atoms with Gasteiger partial charge < -0.3 is 5.32 Å². The third-order valence-corrected chi connectivity index (χ3v) is 5.01. The average Bonchev–Trinajstić information content (AvgIpc) is 2.71. The van der Waals surface area contributed by atoms with E-state index in [1.165, 1.54) is 18.4 Å². The van der Waals surface area contributed by atoms with E-state index in [0.29, 0.717) is 4.75 Å². The van der Waals surface area contributed by atoms with Gasteiger partial charge >= 0.3 is 0 Å². The molecular weight excluding hydrogens is 218 g/mol. The Balaban J connectivity index is 2.42. The van der Waals surface area contributed by atoms with Crippen LogP contribution < -0.4 is 5.32 Å². The van der Waals surface area contributed by atoms with Gasteiger partial charge in [-0.25, -0.2) is 0 Å². The molecule has 0 saturated heterocycles. The van der Waals surface area contributed by atoms with E-state index in [0.717, 1.165) is 18.8 Å². The van der Waals surface area contributed by atoms with Gasteiger partial charge in [0.1, 0.15) is 0 Å². The summed E-state index contributed by atoms with van der Waals surface area (Å²) >= 11 is 1.97. The highest BCUT2D eigenvalue weighted by atomic mass is 32.2. The Morgan fingerprint density at radius 3 is 2.56 bits per heavy atom. The number of H-pyrrole nitrogens is 1. The first-order valence-corrected chi connectivity index (χ1v) is 7.14. The molecule has 1 aromatic rings. The second kappa shape index (κ2) is 6.30. The minimum atomic E-state index is 0.387. The lowest BCUT2D eigenvalue weighted by Crippen LogP contribution is -2.36. The predicted molar refractivity (Wildman–Crippen MR) is 71.9 cm³/mol. The van der Waals surface area contributed by atoms with Crippen molar-refractivity contribution in [1.82, 2.24) is 15.5 Å². The van der Waals surface area contributed by atoms with Gasteiger partial charge in [-0.05, 0) is 26.0 Å². The van der Waals surface area contributed by atoms with Crippen LogP contribution in [0.15, 0.2) is 6.20 Å². The summed E-state index contributed by atoms with van der Waals surface area (Å²) in [5.74, 6) is 0. The third-order valence-electron chi connectivity index (χ3n) is 3.42. The molecule has 92 valence electrons. The smallest absolute Gasteiger partial charge is 0.0535 e. The molecule has 0 bridgehead atoms. The Kier molecular flexibility index (Phi) is 5.35. The topological polar surface area (TPSA) is 40.7 Å². The van der Waals surface area contributed by atoms with E-state index in [2.05, 4.69) is 42.5 Å². The normalized spacial score (nSPS) is 12.0. The van der Waals surface area contributed by atoms with Crippen LogP contribution in [0.25, 0.3) is 0 Å². The van der Waals surface area contributed by atoms with Crippen LogP contribution in [0.2, 0.25) is 0 Å². The molecular formula is C12H23N3S. The quantitative estimate of drug-likeness (QED) is 0.771. The number of hydrogen-bond donors (Lipinski definition) is 2. The van der Waals surface area contributed by atoms with Crippen LogP contribution in [0.1, 0.15) is 37.9 Å². The van der Waals surface area contributed by atoms with Gasteiger partial charge in [-0.15, -0.1) is 0 Å². The summed E-state index contributed by atoms with van der Waals surface area (Å²) in [4.78, 5) is 0. The van der Waals surface area contributed by atoms with Gasteiger partial charge in [-0.2, -0.15) is 16.9 Å². The van der Waals surface area contributed by atoms with Gasteiger partial charge in [0.05, 0.1) is 6.20 Å². The van der Waals surface area contributed by atoms with Crippen molar-refractivity contribution in [1.29, 1.82) is 0 Å². The maximum absolute atomic E-state index is 4.03. The van der Waals surface area contributed by atoms with Crippen molar-refractivity contribution in [2.75, 3.05) is 12.8 Å². The first-order chi connectivity index (χ1) is 7.67. The van der Waals surface area contributed by atoms with Gasteiger partial charge in [0, 0.05) is 29.1 Å². The zero-order chi connectivity index (χ0) is 12.0. The Morgan fingerprint density at radius 2 is 2.12 bits per heavy atom. The molecule has 0 amide bonds. The molecule has 0 aliphatic rings. The van der Waals surface area contributed by atoms with E-state index in [1.807, 2.05) is 18.0 Å². The van der Waals surface area contributed by atoms with Gasteiger partial charge in [-0.1, -0.05) is 13.8 Å². The lowest BCUT2D eigenvalue weighted by Gasteiger charge is -2.29. The van der Waals surface area contributed by atoms with Crippen LogP contribution in [0.4, 0.5) is 0 Å². The molecule has 4 heteroatoms. The highest BCUT2D eigenvalue weighted by Gasteiger charge is 2.24. The maximum atomic E-state index is 4.03. The lowest BCUT2D eigenvalue weighted by molar-refractivity contribution is 0.494. The number of nitrogens with one attached hydrogen (secondary N) is 2. The third kappa shape index (κ3) is 3.25. The molecule has 16 heavy (non-hydrogen) atoms. The summed E-state index contributed by atoms with van der Waals surface area (Å²) < 4.78 is 0.387. The maximum Gasteiger partial charge on any atom is 0.0535 e. The van der Waals surface area contributed by atoms with Crippen LogP contribution in [-0.4, -0.2) is 27.7 Å². The predicted octanol–water partition coefficient (Wildman–Crippen LogP) is 2.73. The first-order valence-electron chi connectivity index (χ1n) is 5.92. The van der Waals surface area contributed by atoms with Crippen LogP contribution in [0.5, 0.6) is 0 Å². The molecule has 0 fully saturated rings. The second-order valence-electron chi connectivity index (χ2n) is 4.22. The zero-order valence-corrected chi connectivity index (χ0v) is 11.6. The van der Waals surface area contributed by atoms with E-state index in [9.17, 15) is 0 Å². The molecule has 0 radical (unpaired) electrons. The molecule has 1 heterocycles. The molecule has 3 nitrogen and oxygen atoms in total. The minimum Gasteiger partial charge on any atom is -0.311 e. The molecule has 2 N–H and O–H groups in total. The standard InChI is InChI=1S/C12H23N3S/c1-5-12(6-2,16-4)9-13-7-11-8-14-15-10(11)3/h8,13H,5-7,9H2,1-4H3,(H,14,15). The van der Waals surface area contributed by atoms with Crippen LogP contribution in [-0.2, 0) is 6.54 Å². The highest BCUT2D eigenvalue weighted by molar-refractivity contribution is 8.00. The van der Waals surface area contributed by atoms with E-state index in [1.54, 1.807) is 0 Å². The lowest BCUT2D eigenvalue weighted by atomic mass is 10.0. The molecule has 0 saturated carbocycles. The molecule has 0 atom stereocenters. The summed E-state index contributed by atoms with van der Waals surface area (Å²) in [6.45, 7) is 8.57. The summed E-state index contributed by atoms with van der Waals surface area (Å²) in [5, 5.41) is 10.5. The Hall–Kier alpha value is -0.480. The van der Waals surface area contributed by atoms with Crippen molar-refractivity contribution in [2.45, 2.75) is 44.9 Å². The first kappa shape index (κ1) is 13.6. The van der Waals surface area contributed by atoms with Crippen LogP contribution in [0.3, 0.4) is 0 Å². The summed E-state index contributed by atoms with van der Waals surface area (Å²) in [6, 6.07) is 0. The van der Waals surface area contributed by atoms with Crippen LogP contribution in [0, 0.1) is 6.92 Å². The molecule has 0 spiro atoms. The Bertz CT molecular complexity index is 297. The molecule has 0 unspecified atom stereocenters. The molecule has 1 rings (SSSR count). The number of hydrogen-bond acceptors (Lipinski definition) is 3. The highest BCUT2D eigenvalue weighted by Crippen LogP contribution is 2.29.